The Kier molecular flexibility index (Phi) is 4.46. The molecule has 1 aliphatic rings. The van der Waals surface area contributed by atoms with Gasteiger partial charge in [-0.2, -0.15) is 0 Å². The van der Waals surface area contributed by atoms with E-state index in [0.717, 1.165) is 37.1 Å². The van der Waals surface area contributed by atoms with E-state index in [4.69, 9.17) is 4.74 Å². The highest BCUT2D eigenvalue weighted by molar-refractivity contribution is 5.38. The number of hydrogen-bond donors (Lipinski definition) is 0. The summed E-state index contributed by atoms with van der Waals surface area (Å²) in [5.41, 5.74) is 1.79. The number of halogens is 1. The van der Waals surface area contributed by atoms with Gasteiger partial charge in [0.15, 0.2) is 0 Å². The predicted molar refractivity (Wildman–Crippen MR) is 76.4 cm³/mol. The Hall–Kier alpha value is -1.09. The molecule has 0 bridgehead atoms. The molecular weight excluding hydrogens is 241 g/mol. The molecule has 0 radical (unpaired) electrons. The molecule has 0 atom stereocenters. The highest BCUT2D eigenvalue weighted by Crippen LogP contribution is 2.28. The SMILES string of the molecule is Cc1cc(OC2CCN(C)CC2)cc(F)c1C(C)C. The maximum absolute atomic E-state index is 14.1. The van der Waals surface area contributed by atoms with Gasteiger partial charge >= 0.3 is 0 Å². The molecule has 1 saturated heterocycles. The van der Waals surface area contributed by atoms with Crippen molar-refractivity contribution < 1.29 is 9.13 Å². The molecule has 2 rings (SSSR count). The minimum atomic E-state index is -0.141. The van der Waals surface area contributed by atoms with Crippen LogP contribution in [-0.2, 0) is 0 Å². The lowest BCUT2D eigenvalue weighted by Crippen LogP contribution is -2.35. The molecule has 106 valence electrons. The van der Waals surface area contributed by atoms with Crippen molar-refractivity contribution in [3.8, 4) is 5.75 Å². The molecule has 0 aliphatic carbocycles. The first-order valence-electron chi connectivity index (χ1n) is 7.12. The minimum absolute atomic E-state index is 0.141. The Morgan fingerprint density at radius 3 is 2.42 bits per heavy atom. The van der Waals surface area contributed by atoms with E-state index in [0.29, 0.717) is 5.75 Å². The van der Waals surface area contributed by atoms with E-state index in [1.54, 1.807) is 6.07 Å². The molecule has 1 heterocycles. The Morgan fingerprint density at radius 1 is 1.26 bits per heavy atom. The number of rotatable bonds is 3. The first kappa shape index (κ1) is 14.3. The fourth-order valence-electron chi connectivity index (χ4n) is 2.82. The maximum Gasteiger partial charge on any atom is 0.130 e. The molecule has 0 saturated carbocycles. The molecule has 0 unspecified atom stereocenters. The molecular formula is C16H24FNO. The van der Waals surface area contributed by atoms with Crippen LogP contribution in [0.4, 0.5) is 4.39 Å². The molecule has 1 aliphatic heterocycles. The third-order valence-corrected chi connectivity index (χ3v) is 3.86. The van der Waals surface area contributed by atoms with Crippen LogP contribution in [0.25, 0.3) is 0 Å². The van der Waals surface area contributed by atoms with Gasteiger partial charge in [-0.3, -0.25) is 0 Å². The summed E-state index contributed by atoms with van der Waals surface area (Å²) in [5, 5.41) is 0. The van der Waals surface area contributed by atoms with Gasteiger partial charge in [0.05, 0.1) is 0 Å². The molecule has 1 aromatic carbocycles. The number of ether oxygens (including phenoxy) is 1. The van der Waals surface area contributed by atoms with Crippen molar-refractivity contribution in [2.75, 3.05) is 20.1 Å². The highest BCUT2D eigenvalue weighted by Gasteiger charge is 2.19. The van der Waals surface area contributed by atoms with Crippen molar-refractivity contribution >= 4 is 0 Å². The summed E-state index contributed by atoms with van der Waals surface area (Å²) in [6.07, 6.45) is 2.26. The smallest absolute Gasteiger partial charge is 0.130 e. The van der Waals surface area contributed by atoms with Gasteiger partial charge in [-0.05, 0) is 49.9 Å². The van der Waals surface area contributed by atoms with E-state index in [1.165, 1.54) is 0 Å². The summed E-state index contributed by atoms with van der Waals surface area (Å²) < 4.78 is 20.0. The van der Waals surface area contributed by atoms with Crippen molar-refractivity contribution in [3.05, 3.63) is 29.1 Å². The van der Waals surface area contributed by atoms with Crippen LogP contribution in [0.5, 0.6) is 5.75 Å². The van der Waals surface area contributed by atoms with Gasteiger partial charge in [0, 0.05) is 19.2 Å². The lowest BCUT2D eigenvalue weighted by molar-refractivity contribution is 0.114. The second kappa shape index (κ2) is 5.91. The van der Waals surface area contributed by atoms with E-state index in [9.17, 15) is 4.39 Å². The largest absolute Gasteiger partial charge is 0.490 e. The summed E-state index contributed by atoms with van der Waals surface area (Å²) in [5.74, 6) is 0.740. The lowest BCUT2D eigenvalue weighted by Gasteiger charge is -2.29. The van der Waals surface area contributed by atoms with Gasteiger partial charge in [0.25, 0.3) is 0 Å². The Bertz CT molecular complexity index is 413. The second-order valence-electron chi connectivity index (χ2n) is 5.91. The zero-order valence-electron chi connectivity index (χ0n) is 12.4. The number of benzene rings is 1. The van der Waals surface area contributed by atoms with E-state index in [-0.39, 0.29) is 17.8 Å². The monoisotopic (exact) mass is 265 g/mol. The summed E-state index contributed by atoms with van der Waals surface area (Å²) >= 11 is 0. The average Bonchev–Trinajstić information content (AvgIpc) is 2.30. The summed E-state index contributed by atoms with van der Waals surface area (Å²) in [6.45, 7) is 8.10. The summed E-state index contributed by atoms with van der Waals surface area (Å²) in [7, 11) is 2.12. The van der Waals surface area contributed by atoms with Crippen LogP contribution < -0.4 is 4.74 Å². The molecule has 0 amide bonds. The first-order chi connectivity index (χ1) is 8.97. The highest BCUT2D eigenvalue weighted by atomic mass is 19.1. The fraction of sp³-hybridized carbons (Fsp3) is 0.625. The average molecular weight is 265 g/mol. The standard InChI is InChI=1S/C16H24FNO/c1-11(2)16-12(3)9-14(10-15(16)17)19-13-5-7-18(4)8-6-13/h9-11,13H,5-8H2,1-4H3. The quantitative estimate of drug-likeness (QED) is 0.825. The van der Waals surface area contributed by atoms with Gasteiger partial charge < -0.3 is 9.64 Å². The molecule has 1 fully saturated rings. The molecule has 0 spiro atoms. The minimum Gasteiger partial charge on any atom is -0.490 e. The predicted octanol–water partition coefficient (Wildman–Crippen LogP) is 3.73. The van der Waals surface area contributed by atoms with Crippen molar-refractivity contribution in [1.29, 1.82) is 0 Å². The van der Waals surface area contributed by atoms with Gasteiger partial charge in [0.1, 0.15) is 17.7 Å². The van der Waals surface area contributed by atoms with Crippen LogP contribution in [0, 0.1) is 12.7 Å². The number of hydrogen-bond acceptors (Lipinski definition) is 2. The van der Waals surface area contributed by atoms with Gasteiger partial charge in [-0.1, -0.05) is 13.8 Å². The topological polar surface area (TPSA) is 12.5 Å². The van der Waals surface area contributed by atoms with Crippen molar-refractivity contribution in [2.45, 2.75) is 45.6 Å². The van der Waals surface area contributed by atoms with Crippen LogP contribution in [0.15, 0.2) is 12.1 Å². The molecule has 19 heavy (non-hydrogen) atoms. The van der Waals surface area contributed by atoms with E-state index in [2.05, 4.69) is 11.9 Å². The van der Waals surface area contributed by atoms with Crippen LogP contribution in [0.1, 0.15) is 43.7 Å². The fourth-order valence-corrected chi connectivity index (χ4v) is 2.82. The van der Waals surface area contributed by atoms with Crippen LogP contribution in [0.2, 0.25) is 0 Å². The Balaban J connectivity index is 2.09. The van der Waals surface area contributed by atoms with Gasteiger partial charge in [-0.15, -0.1) is 0 Å². The van der Waals surface area contributed by atoms with Crippen LogP contribution in [-0.4, -0.2) is 31.1 Å². The van der Waals surface area contributed by atoms with Crippen LogP contribution in [0.3, 0.4) is 0 Å². The van der Waals surface area contributed by atoms with E-state index >= 15 is 0 Å². The van der Waals surface area contributed by atoms with Crippen molar-refractivity contribution in [1.82, 2.24) is 4.90 Å². The maximum atomic E-state index is 14.1. The van der Waals surface area contributed by atoms with Gasteiger partial charge in [-0.25, -0.2) is 4.39 Å². The van der Waals surface area contributed by atoms with Crippen molar-refractivity contribution in [3.63, 3.8) is 0 Å². The second-order valence-corrected chi connectivity index (χ2v) is 5.91. The Labute approximate surface area is 115 Å². The van der Waals surface area contributed by atoms with Crippen LogP contribution >= 0.6 is 0 Å². The molecule has 2 nitrogen and oxygen atoms in total. The Morgan fingerprint density at radius 2 is 1.89 bits per heavy atom. The molecule has 1 aromatic rings. The molecule has 0 N–H and O–H groups in total. The lowest BCUT2D eigenvalue weighted by atomic mass is 9.97. The summed E-state index contributed by atoms with van der Waals surface area (Å²) in [4.78, 5) is 2.30. The third kappa shape index (κ3) is 3.47. The van der Waals surface area contributed by atoms with Crippen molar-refractivity contribution in [2.24, 2.45) is 0 Å². The van der Waals surface area contributed by atoms with Gasteiger partial charge in [0.2, 0.25) is 0 Å². The zero-order valence-corrected chi connectivity index (χ0v) is 12.4. The normalized spacial score (nSPS) is 18.0. The number of aryl methyl sites for hydroxylation is 1. The third-order valence-electron chi connectivity index (χ3n) is 3.86. The number of piperidine rings is 1. The molecule has 0 aromatic heterocycles. The number of likely N-dealkylation sites (tertiary alicyclic amines) is 1. The molecule has 3 heteroatoms. The van der Waals surface area contributed by atoms with E-state index < -0.39 is 0 Å². The summed E-state index contributed by atoms with van der Waals surface area (Å²) in [6, 6.07) is 3.51. The number of nitrogens with zero attached hydrogens (tertiary/aromatic N) is 1. The van der Waals surface area contributed by atoms with E-state index in [1.807, 2.05) is 26.8 Å². The zero-order chi connectivity index (χ0) is 14.0. The first-order valence-corrected chi connectivity index (χ1v) is 7.12.